The van der Waals surface area contributed by atoms with Gasteiger partial charge in [0, 0.05) is 24.7 Å². The van der Waals surface area contributed by atoms with Crippen LogP contribution < -0.4 is 5.32 Å². The predicted octanol–water partition coefficient (Wildman–Crippen LogP) is 3.49. The van der Waals surface area contributed by atoms with Crippen molar-refractivity contribution >= 4 is 29.9 Å². The number of nitrogens with one attached hydrogen (secondary N) is 1. The maximum absolute atomic E-state index is 12.6. The van der Waals surface area contributed by atoms with Crippen LogP contribution in [0.15, 0.2) is 54.6 Å². The van der Waals surface area contributed by atoms with E-state index in [2.05, 4.69) is 17.4 Å². The number of hydrogen-bond donors (Lipinski definition) is 1. The lowest BCUT2D eigenvalue weighted by molar-refractivity contribution is -0.139. The van der Waals surface area contributed by atoms with Gasteiger partial charge in [-0.3, -0.25) is 4.79 Å². The molecule has 1 N–H and O–H groups in total. The smallest absolute Gasteiger partial charge is 0.249 e. The van der Waals surface area contributed by atoms with Crippen LogP contribution in [0.1, 0.15) is 17.2 Å². The molecule has 1 heterocycles. The third kappa shape index (κ3) is 5.71. The topological polar surface area (TPSA) is 41.6 Å². The van der Waals surface area contributed by atoms with Crippen molar-refractivity contribution < 1.29 is 9.53 Å². The Morgan fingerprint density at radius 2 is 2.00 bits per heavy atom. The number of piperazine rings is 1. The van der Waals surface area contributed by atoms with Crippen molar-refractivity contribution in [1.82, 2.24) is 10.2 Å². The van der Waals surface area contributed by atoms with E-state index in [-0.39, 0.29) is 31.0 Å². The molecule has 0 spiro atoms. The second-order valence-corrected chi connectivity index (χ2v) is 6.59. The van der Waals surface area contributed by atoms with Gasteiger partial charge in [0.15, 0.2) is 0 Å². The number of carbonyl (C=O) groups is 1. The van der Waals surface area contributed by atoms with Crippen molar-refractivity contribution in [3.63, 3.8) is 0 Å². The number of ether oxygens (including phenoxy) is 1. The number of halogens is 2. The summed E-state index contributed by atoms with van der Waals surface area (Å²) in [5, 5.41) is 4.04. The van der Waals surface area contributed by atoms with E-state index in [9.17, 15) is 4.79 Å². The number of nitrogens with zero attached hydrogens (tertiary/aromatic N) is 1. The second-order valence-electron chi connectivity index (χ2n) is 6.15. The predicted molar refractivity (Wildman–Crippen MR) is 107 cm³/mol. The highest BCUT2D eigenvalue weighted by Gasteiger charge is 2.27. The van der Waals surface area contributed by atoms with Crippen molar-refractivity contribution in [2.24, 2.45) is 0 Å². The van der Waals surface area contributed by atoms with Gasteiger partial charge in [-0.25, -0.2) is 0 Å². The Bertz CT molecular complexity index is 697. The average Bonchev–Trinajstić information content (AvgIpc) is 2.66. The molecular formula is C20H24Cl2N2O2. The van der Waals surface area contributed by atoms with E-state index < -0.39 is 0 Å². The van der Waals surface area contributed by atoms with Crippen LogP contribution in [0, 0.1) is 0 Å². The molecule has 26 heavy (non-hydrogen) atoms. The van der Waals surface area contributed by atoms with Crippen molar-refractivity contribution in [3.05, 3.63) is 70.7 Å². The first-order chi connectivity index (χ1) is 12.2. The fourth-order valence-electron chi connectivity index (χ4n) is 3.09. The molecule has 0 radical (unpaired) electrons. The summed E-state index contributed by atoms with van der Waals surface area (Å²) in [5.41, 5.74) is 2.27. The molecule has 1 unspecified atom stereocenters. The van der Waals surface area contributed by atoms with Crippen molar-refractivity contribution in [1.29, 1.82) is 0 Å². The molecule has 1 aliphatic rings. The molecule has 1 fully saturated rings. The lowest BCUT2D eigenvalue weighted by Gasteiger charge is -2.36. The summed E-state index contributed by atoms with van der Waals surface area (Å²) in [7, 11) is 0. The molecule has 2 aromatic carbocycles. The molecule has 6 heteroatoms. The van der Waals surface area contributed by atoms with Crippen LogP contribution in [0.3, 0.4) is 0 Å². The van der Waals surface area contributed by atoms with E-state index in [0.717, 1.165) is 25.1 Å². The zero-order chi connectivity index (χ0) is 17.5. The summed E-state index contributed by atoms with van der Waals surface area (Å²) >= 11 is 6.10. The van der Waals surface area contributed by atoms with Crippen molar-refractivity contribution in [3.8, 4) is 0 Å². The number of hydrogen-bond acceptors (Lipinski definition) is 3. The van der Waals surface area contributed by atoms with Gasteiger partial charge in [0.25, 0.3) is 0 Å². The van der Waals surface area contributed by atoms with E-state index in [4.69, 9.17) is 16.3 Å². The third-order valence-electron chi connectivity index (χ3n) is 4.40. The molecule has 1 aliphatic heterocycles. The molecule has 0 saturated carbocycles. The minimum Gasteiger partial charge on any atom is -0.371 e. The highest BCUT2D eigenvalue weighted by molar-refractivity contribution is 6.30. The quantitative estimate of drug-likeness (QED) is 0.762. The minimum atomic E-state index is -0.00215. The Morgan fingerprint density at radius 3 is 2.77 bits per heavy atom. The average molecular weight is 395 g/mol. The first-order valence-electron chi connectivity index (χ1n) is 8.61. The fraction of sp³-hybridized carbons (Fsp3) is 0.350. The van der Waals surface area contributed by atoms with Crippen LogP contribution >= 0.6 is 24.0 Å². The molecular weight excluding hydrogens is 371 g/mol. The zero-order valence-electron chi connectivity index (χ0n) is 14.6. The zero-order valence-corrected chi connectivity index (χ0v) is 16.1. The van der Waals surface area contributed by atoms with Gasteiger partial charge < -0.3 is 15.0 Å². The number of amides is 1. The Labute approximate surface area is 165 Å². The van der Waals surface area contributed by atoms with Crippen LogP contribution in [0.25, 0.3) is 0 Å². The van der Waals surface area contributed by atoms with Crippen LogP contribution in [-0.4, -0.2) is 43.7 Å². The van der Waals surface area contributed by atoms with E-state index in [1.54, 1.807) is 0 Å². The highest BCUT2D eigenvalue weighted by Crippen LogP contribution is 2.24. The van der Waals surface area contributed by atoms with E-state index in [0.29, 0.717) is 18.2 Å². The molecule has 2 aromatic rings. The molecule has 0 aliphatic carbocycles. The van der Waals surface area contributed by atoms with Gasteiger partial charge >= 0.3 is 0 Å². The van der Waals surface area contributed by atoms with Crippen LogP contribution in [0.2, 0.25) is 5.02 Å². The van der Waals surface area contributed by atoms with Gasteiger partial charge in [-0.2, -0.15) is 0 Å². The van der Waals surface area contributed by atoms with Crippen molar-refractivity contribution in [2.45, 2.75) is 12.5 Å². The lowest BCUT2D eigenvalue weighted by Crippen LogP contribution is -2.49. The van der Waals surface area contributed by atoms with Gasteiger partial charge in [0.2, 0.25) is 5.91 Å². The summed E-state index contributed by atoms with van der Waals surface area (Å²) in [6.07, 6.45) is 0.813. The Kier molecular flexibility index (Phi) is 8.39. The van der Waals surface area contributed by atoms with Gasteiger partial charge in [-0.1, -0.05) is 54.1 Å². The van der Waals surface area contributed by atoms with E-state index in [1.807, 2.05) is 47.4 Å². The molecule has 0 bridgehead atoms. The minimum absolute atomic E-state index is 0. The second kappa shape index (κ2) is 10.5. The van der Waals surface area contributed by atoms with Gasteiger partial charge in [0.1, 0.15) is 6.61 Å². The SMILES string of the molecule is Cl.O=C(COCCc1ccccc1)N1CCNCC1c1cccc(Cl)c1. The Hall–Kier alpha value is -1.59. The maximum Gasteiger partial charge on any atom is 0.249 e. The van der Waals surface area contributed by atoms with Crippen molar-refractivity contribution in [2.75, 3.05) is 32.8 Å². The van der Waals surface area contributed by atoms with Gasteiger partial charge in [0.05, 0.1) is 12.6 Å². The van der Waals surface area contributed by atoms with Gasteiger partial charge in [-0.15, -0.1) is 12.4 Å². The Balaban J connectivity index is 0.00000243. The molecule has 1 atom stereocenters. The summed E-state index contributed by atoms with van der Waals surface area (Å²) in [5.74, 6) is 0.0273. The summed E-state index contributed by atoms with van der Waals surface area (Å²) in [6, 6.07) is 17.9. The number of carbonyl (C=O) groups excluding carboxylic acids is 1. The fourth-order valence-corrected chi connectivity index (χ4v) is 3.29. The van der Waals surface area contributed by atoms with Gasteiger partial charge in [-0.05, 0) is 29.7 Å². The standard InChI is InChI=1S/C20H23ClN2O2.ClH/c21-18-8-4-7-17(13-18)19-14-22-10-11-23(19)20(24)15-25-12-9-16-5-2-1-3-6-16;/h1-8,13,19,22H,9-12,14-15H2;1H. The Morgan fingerprint density at radius 1 is 1.19 bits per heavy atom. The molecule has 3 rings (SSSR count). The molecule has 1 saturated heterocycles. The third-order valence-corrected chi connectivity index (χ3v) is 4.64. The maximum atomic E-state index is 12.6. The first-order valence-corrected chi connectivity index (χ1v) is 8.99. The summed E-state index contributed by atoms with van der Waals surface area (Å²) in [4.78, 5) is 14.5. The number of benzene rings is 2. The van der Waals surface area contributed by atoms with Crippen LogP contribution in [-0.2, 0) is 16.0 Å². The largest absolute Gasteiger partial charge is 0.371 e. The molecule has 4 nitrogen and oxygen atoms in total. The lowest BCUT2D eigenvalue weighted by atomic mass is 10.0. The summed E-state index contributed by atoms with van der Waals surface area (Å²) < 4.78 is 5.62. The van der Waals surface area contributed by atoms with Crippen LogP contribution in [0.4, 0.5) is 0 Å². The highest BCUT2D eigenvalue weighted by atomic mass is 35.5. The first kappa shape index (κ1) is 20.7. The normalized spacial score (nSPS) is 16.8. The molecule has 0 aromatic heterocycles. The van der Waals surface area contributed by atoms with E-state index >= 15 is 0 Å². The number of rotatable bonds is 6. The van der Waals surface area contributed by atoms with Crippen LogP contribution in [0.5, 0.6) is 0 Å². The monoisotopic (exact) mass is 394 g/mol. The summed E-state index contributed by atoms with van der Waals surface area (Å²) in [6.45, 7) is 2.87. The molecule has 140 valence electrons. The van der Waals surface area contributed by atoms with E-state index in [1.165, 1.54) is 5.56 Å². The molecule has 1 amide bonds.